The Morgan fingerprint density at radius 2 is 1.60 bits per heavy atom. The van der Waals surface area contributed by atoms with Gasteiger partial charge in [-0.3, -0.25) is 24.0 Å². The second kappa shape index (κ2) is 17.0. The van der Waals surface area contributed by atoms with Crippen molar-refractivity contribution in [2.24, 2.45) is 5.92 Å². The number of thioether (sulfide) groups is 1. The number of aromatic nitrogens is 1. The molecule has 1 saturated heterocycles. The number of benzene rings is 2. The maximum Gasteiger partial charge on any atom is 0.260 e. The van der Waals surface area contributed by atoms with Gasteiger partial charge in [0.2, 0.25) is 23.6 Å². The summed E-state index contributed by atoms with van der Waals surface area (Å²) in [6.45, 7) is 6.27. The quantitative estimate of drug-likeness (QED) is 0.283. The monoisotopic (exact) mass is 676 g/mol. The Morgan fingerprint density at radius 3 is 2.25 bits per heavy atom. The van der Waals surface area contributed by atoms with Gasteiger partial charge >= 0.3 is 0 Å². The van der Waals surface area contributed by atoms with E-state index < -0.39 is 60.2 Å². The average Bonchev–Trinajstić information content (AvgIpc) is 3.45. The molecule has 0 unspecified atom stereocenters. The van der Waals surface area contributed by atoms with E-state index >= 15 is 0 Å². The summed E-state index contributed by atoms with van der Waals surface area (Å²) in [5.41, 5.74) is 2.07. The molecule has 1 fully saturated rings. The van der Waals surface area contributed by atoms with Crippen LogP contribution >= 0.6 is 11.8 Å². The molecule has 2 heterocycles. The van der Waals surface area contributed by atoms with E-state index in [2.05, 4.69) is 26.4 Å². The molecule has 1 aliphatic rings. The second-order valence-electron chi connectivity index (χ2n) is 12.3. The third-order valence-electron chi connectivity index (χ3n) is 8.12. The highest BCUT2D eigenvalue weighted by molar-refractivity contribution is 7.98. The summed E-state index contributed by atoms with van der Waals surface area (Å²) in [4.78, 5) is 69.9. The van der Waals surface area contributed by atoms with Gasteiger partial charge in [-0.1, -0.05) is 79.7 Å². The summed E-state index contributed by atoms with van der Waals surface area (Å²) >= 11 is 1.52. The first-order chi connectivity index (χ1) is 23.0. The van der Waals surface area contributed by atoms with Crippen LogP contribution in [0.5, 0.6) is 0 Å². The lowest BCUT2D eigenvalue weighted by Gasteiger charge is -2.30. The minimum atomic E-state index is -0.987. The number of aryl methyl sites for hydroxylation is 1. The molecular weight excluding hydrogens is 632 g/mol. The van der Waals surface area contributed by atoms with Crippen molar-refractivity contribution in [1.82, 2.24) is 31.3 Å². The van der Waals surface area contributed by atoms with Gasteiger partial charge in [0.1, 0.15) is 35.1 Å². The van der Waals surface area contributed by atoms with Crippen LogP contribution in [-0.4, -0.2) is 88.9 Å². The summed E-state index contributed by atoms with van der Waals surface area (Å²) in [5, 5.41) is 15.5. The van der Waals surface area contributed by atoms with Gasteiger partial charge in [-0.05, 0) is 50.2 Å². The Labute approximate surface area is 285 Å². The molecule has 0 spiro atoms. The van der Waals surface area contributed by atoms with Crippen molar-refractivity contribution in [1.29, 1.82) is 0 Å². The van der Waals surface area contributed by atoms with E-state index in [4.69, 9.17) is 4.52 Å². The Balaban J connectivity index is 1.76. The van der Waals surface area contributed by atoms with E-state index in [0.29, 0.717) is 29.9 Å². The Morgan fingerprint density at radius 1 is 0.938 bits per heavy atom. The van der Waals surface area contributed by atoms with Crippen molar-refractivity contribution < 1.29 is 28.5 Å². The molecule has 4 rings (SSSR count). The van der Waals surface area contributed by atoms with Gasteiger partial charge in [0, 0.05) is 12.1 Å². The lowest BCUT2D eigenvalue weighted by molar-refractivity contribution is -0.134. The first kappa shape index (κ1) is 36.2. The normalized spacial score (nSPS) is 21.4. The van der Waals surface area contributed by atoms with E-state index in [1.165, 1.54) is 16.7 Å². The van der Waals surface area contributed by atoms with Crippen LogP contribution in [0.1, 0.15) is 48.9 Å². The van der Waals surface area contributed by atoms with Gasteiger partial charge in [-0.2, -0.15) is 11.8 Å². The Bertz CT molecular complexity index is 1580. The molecule has 0 aliphatic carbocycles. The minimum Gasteiger partial charge on any atom is -0.360 e. The number of carbonyl (C=O) groups is 5. The SMILES string of the molecule is CSCC[C@@H]1NC(=O)[C@H](C(C)C)NC(=O)CN(C(=O)c2c(-c3ccccc3)noc2C)C[C@@H](Cc2ccccc2)NC(=O)[C@H](C)NC1=O. The van der Waals surface area contributed by atoms with Crippen molar-refractivity contribution in [2.45, 2.75) is 64.7 Å². The van der Waals surface area contributed by atoms with E-state index in [1.807, 2.05) is 54.8 Å². The fourth-order valence-corrected chi connectivity index (χ4v) is 5.99. The van der Waals surface area contributed by atoms with Crippen LogP contribution < -0.4 is 21.3 Å². The number of hydrogen-bond acceptors (Lipinski definition) is 8. The van der Waals surface area contributed by atoms with Crippen molar-refractivity contribution in [2.75, 3.05) is 25.1 Å². The zero-order valence-corrected chi connectivity index (χ0v) is 28.8. The first-order valence-electron chi connectivity index (χ1n) is 16.0. The van der Waals surface area contributed by atoms with Crippen LogP contribution in [0.15, 0.2) is 65.2 Å². The highest BCUT2D eigenvalue weighted by atomic mass is 32.2. The molecule has 5 amide bonds. The van der Waals surface area contributed by atoms with Gasteiger partial charge in [0.25, 0.3) is 5.91 Å². The zero-order chi connectivity index (χ0) is 34.8. The van der Waals surface area contributed by atoms with Gasteiger partial charge in [-0.15, -0.1) is 0 Å². The summed E-state index contributed by atoms with van der Waals surface area (Å²) in [5.74, 6) is -2.10. The van der Waals surface area contributed by atoms with E-state index in [1.54, 1.807) is 39.8 Å². The second-order valence-corrected chi connectivity index (χ2v) is 13.3. The van der Waals surface area contributed by atoms with Gasteiger partial charge < -0.3 is 30.7 Å². The van der Waals surface area contributed by atoms with Gasteiger partial charge in [0.15, 0.2) is 0 Å². The Hall–Kier alpha value is -4.65. The molecule has 3 aromatic rings. The number of nitrogens with zero attached hydrogens (tertiary/aromatic N) is 2. The molecule has 48 heavy (non-hydrogen) atoms. The highest BCUT2D eigenvalue weighted by Gasteiger charge is 2.34. The van der Waals surface area contributed by atoms with Gasteiger partial charge in [-0.25, -0.2) is 0 Å². The van der Waals surface area contributed by atoms with Gasteiger partial charge in [0.05, 0.1) is 12.6 Å². The molecule has 13 heteroatoms. The molecule has 4 N–H and O–H groups in total. The molecule has 2 aromatic carbocycles. The van der Waals surface area contributed by atoms with Crippen molar-refractivity contribution >= 4 is 41.3 Å². The average molecular weight is 677 g/mol. The largest absolute Gasteiger partial charge is 0.360 e. The number of carbonyl (C=O) groups excluding carboxylic acids is 5. The molecule has 0 bridgehead atoms. The van der Waals surface area contributed by atoms with E-state index in [0.717, 1.165) is 5.56 Å². The summed E-state index contributed by atoms with van der Waals surface area (Å²) in [6.07, 6.45) is 2.55. The number of nitrogens with one attached hydrogen (secondary N) is 4. The molecule has 1 aliphatic heterocycles. The van der Waals surface area contributed by atoms with E-state index in [-0.39, 0.29) is 23.8 Å². The molecule has 256 valence electrons. The van der Waals surface area contributed by atoms with Crippen molar-refractivity contribution in [3.05, 3.63) is 77.6 Å². The number of amides is 5. The lowest BCUT2D eigenvalue weighted by Crippen LogP contribution is -2.57. The molecule has 12 nitrogen and oxygen atoms in total. The van der Waals surface area contributed by atoms with Crippen LogP contribution in [0.25, 0.3) is 11.3 Å². The maximum absolute atomic E-state index is 14.4. The zero-order valence-electron chi connectivity index (χ0n) is 27.9. The fourth-order valence-electron chi connectivity index (χ4n) is 5.52. The molecule has 1 aromatic heterocycles. The van der Waals surface area contributed by atoms with Crippen LogP contribution in [-0.2, 0) is 25.6 Å². The van der Waals surface area contributed by atoms with Crippen LogP contribution in [0, 0.1) is 12.8 Å². The third kappa shape index (κ3) is 9.46. The number of rotatable bonds is 8. The molecular formula is C35H44N6O6S. The maximum atomic E-state index is 14.4. The smallest absolute Gasteiger partial charge is 0.260 e. The highest BCUT2D eigenvalue weighted by Crippen LogP contribution is 2.26. The topological polar surface area (TPSA) is 163 Å². The fraction of sp³-hybridized carbons (Fsp3) is 0.429. The lowest BCUT2D eigenvalue weighted by atomic mass is 10.0. The predicted molar refractivity (Wildman–Crippen MR) is 184 cm³/mol. The summed E-state index contributed by atoms with van der Waals surface area (Å²) < 4.78 is 5.47. The molecule has 0 saturated carbocycles. The van der Waals surface area contributed by atoms with E-state index in [9.17, 15) is 24.0 Å². The third-order valence-corrected chi connectivity index (χ3v) is 8.76. The van der Waals surface area contributed by atoms with Crippen LogP contribution in [0.3, 0.4) is 0 Å². The van der Waals surface area contributed by atoms with Crippen LogP contribution in [0.4, 0.5) is 0 Å². The Kier molecular flexibility index (Phi) is 12.8. The van der Waals surface area contributed by atoms with Crippen LogP contribution in [0.2, 0.25) is 0 Å². The summed E-state index contributed by atoms with van der Waals surface area (Å²) in [7, 11) is 0. The summed E-state index contributed by atoms with van der Waals surface area (Å²) in [6, 6.07) is 15.0. The standard InChI is InChI=1S/C35H44N6O6S/c1-21(2)30-34(45)38-27(16-17-48-5)33(44)36-22(3)32(43)37-26(18-24-12-8-6-9-13-24)19-41(20-28(42)39-30)35(46)29-23(4)47-40-31(29)25-14-10-7-11-15-25/h6-15,21-22,26-27,30H,16-20H2,1-5H3,(H,36,44)(H,37,43)(H,38,45)(H,39,42)/t22-,26+,27-,30-/m0/s1. The van der Waals surface area contributed by atoms with Crippen molar-refractivity contribution in [3.63, 3.8) is 0 Å². The first-order valence-corrected chi connectivity index (χ1v) is 17.4. The number of hydrogen-bond donors (Lipinski definition) is 4. The molecule has 4 atom stereocenters. The van der Waals surface area contributed by atoms with Crippen molar-refractivity contribution in [3.8, 4) is 11.3 Å². The minimum absolute atomic E-state index is 0.0682. The molecule has 0 radical (unpaired) electrons. The predicted octanol–water partition coefficient (Wildman–Crippen LogP) is 2.72.